The molecule has 1 aromatic carbocycles. The second-order valence-corrected chi connectivity index (χ2v) is 5.23. The maximum Gasteiger partial charge on any atom is 0.227 e. The van der Waals surface area contributed by atoms with Crippen LogP contribution in [0.4, 0.5) is 10.1 Å². The molecule has 1 amide bonds. The molecule has 0 spiro atoms. The summed E-state index contributed by atoms with van der Waals surface area (Å²) in [6.45, 7) is 6.51. The fraction of sp³-hybridized carbons (Fsp3) is 0.357. The zero-order chi connectivity index (χ0) is 14.0. The highest BCUT2D eigenvalue weighted by Gasteiger charge is 2.31. The smallest absolute Gasteiger partial charge is 0.227 e. The molecule has 19 heavy (non-hydrogen) atoms. The molecule has 1 saturated heterocycles. The Labute approximate surface area is 120 Å². The van der Waals surface area contributed by atoms with Crippen LogP contribution in [0.5, 0.6) is 5.75 Å². The summed E-state index contributed by atoms with van der Waals surface area (Å²) in [6, 6.07) is 2.67. The van der Waals surface area contributed by atoms with Crippen LogP contribution < -0.4 is 9.64 Å². The van der Waals surface area contributed by atoms with Gasteiger partial charge in [0.25, 0.3) is 0 Å². The molecule has 0 aliphatic carbocycles. The Morgan fingerprint density at radius 1 is 1.63 bits per heavy atom. The summed E-state index contributed by atoms with van der Waals surface area (Å²) < 4.78 is 19.6. The predicted octanol–water partition coefficient (Wildman–Crippen LogP) is 3.53. The van der Waals surface area contributed by atoms with E-state index in [0.29, 0.717) is 35.5 Å². The van der Waals surface area contributed by atoms with E-state index in [0.717, 1.165) is 0 Å². The van der Waals surface area contributed by atoms with Crippen LogP contribution in [0, 0.1) is 11.7 Å². The van der Waals surface area contributed by atoms with E-state index in [9.17, 15) is 9.18 Å². The molecule has 1 aromatic rings. The van der Waals surface area contributed by atoms with Gasteiger partial charge in [-0.1, -0.05) is 6.08 Å². The zero-order valence-corrected chi connectivity index (χ0v) is 12.2. The lowest BCUT2D eigenvalue weighted by Crippen LogP contribution is -2.25. The Balaban J connectivity index is 2.43. The topological polar surface area (TPSA) is 29.5 Å². The second kappa shape index (κ2) is 5.74. The van der Waals surface area contributed by atoms with Crippen LogP contribution in [0.3, 0.4) is 0 Å². The zero-order valence-electron chi connectivity index (χ0n) is 10.7. The number of hydrogen-bond acceptors (Lipinski definition) is 2. The molecule has 1 unspecified atom stereocenters. The van der Waals surface area contributed by atoms with Crippen LogP contribution in [-0.4, -0.2) is 19.1 Å². The lowest BCUT2D eigenvalue weighted by Gasteiger charge is -2.21. The van der Waals surface area contributed by atoms with Gasteiger partial charge in [0.1, 0.15) is 5.82 Å². The normalized spacial score (nSPS) is 18.8. The van der Waals surface area contributed by atoms with Gasteiger partial charge >= 0.3 is 0 Å². The van der Waals surface area contributed by atoms with Crippen molar-refractivity contribution >= 4 is 27.5 Å². The van der Waals surface area contributed by atoms with Gasteiger partial charge in [0.15, 0.2) is 5.75 Å². The van der Waals surface area contributed by atoms with Gasteiger partial charge in [-0.2, -0.15) is 0 Å². The summed E-state index contributed by atoms with van der Waals surface area (Å²) >= 11 is 3.28. The molecule has 0 N–H and O–H groups in total. The van der Waals surface area contributed by atoms with Gasteiger partial charge in [-0.25, -0.2) is 4.39 Å². The Hall–Kier alpha value is -1.36. The van der Waals surface area contributed by atoms with Crippen LogP contribution in [0.1, 0.15) is 13.3 Å². The summed E-state index contributed by atoms with van der Waals surface area (Å²) in [4.78, 5) is 13.6. The van der Waals surface area contributed by atoms with Crippen molar-refractivity contribution in [3.05, 3.63) is 35.1 Å². The number of anilines is 1. The fourth-order valence-electron chi connectivity index (χ4n) is 2.16. The summed E-state index contributed by atoms with van der Waals surface area (Å²) in [7, 11) is 0. The van der Waals surface area contributed by atoms with Crippen LogP contribution in [0.15, 0.2) is 29.3 Å². The quantitative estimate of drug-likeness (QED) is 0.792. The average molecular weight is 328 g/mol. The number of rotatable bonds is 4. The molecule has 3 nitrogen and oxygen atoms in total. The summed E-state index contributed by atoms with van der Waals surface area (Å²) in [5.41, 5.74) is 0.475. The standard InChI is InChI=1S/C14H15BrFNO2/c1-3-9-5-13(18)17(8-9)12-7-10(16)6-11(15)14(12)19-4-2/h3,6-7,9H,1,4-5,8H2,2H3. The molecule has 0 aromatic heterocycles. The maximum atomic E-state index is 13.6. The molecule has 1 atom stereocenters. The van der Waals surface area contributed by atoms with Crippen LogP contribution in [0.25, 0.3) is 0 Å². The minimum Gasteiger partial charge on any atom is -0.490 e. The van der Waals surface area contributed by atoms with Crippen molar-refractivity contribution < 1.29 is 13.9 Å². The van der Waals surface area contributed by atoms with Crippen LogP contribution >= 0.6 is 15.9 Å². The van der Waals surface area contributed by atoms with Gasteiger partial charge in [0.05, 0.1) is 16.8 Å². The van der Waals surface area contributed by atoms with Crippen molar-refractivity contribution in [2.24, 2.45) is 5.92 Å². The largest absolute Gasteiger partial charge is 0.490 e. The monoisotopic (exact) mass is 327 g/mol. The van der Waals surface area contributed by atoms with Gasteiger partial charge in [0, 0.05) is 24.9 Å². The number of carbonyl (C=O) groups is 1. The van der Waals surface area contributed by atoms with Crippen molar-refractivity contribution in [2.45, 2.75) is 13.3 Å². The first-order valence-electron chi connectivity index (χ1n) is 6.11. The lowest BCUT2D eigenvalue weighted by atomic mass is 10.1. The van der Waals surface area contributed by atoms with Crippen LogP contribution in [-0.2, 0) is 4.79 Å². The number of ether oxygens (including phenoxy) is 1. The molecule has 5 heteroatoms. The molecule has 1 fully saturated rings. The van der Waals surface area contributed by atoms with Crippen molar-refractivity contribution in [1.29, 1.82) is 0 Å². The van der Waals surface area contributed by atoms with E-state index in [2.05, 4.69) is 22.5 Å². The molecular formula is C14H15BrFNO2. The van der Waals surface area contributed by atoms with E-state index in [4.69, 9.17) is 4.74 Å². The summed E-state index contributed by atoms with van der Waals surface area (Å²) in [5.74, 6) is 0.162. The molecule has 1 aliphatic rings. The van der Waals surface area contributed by atoms with E-state index < -0.39 is 5.82 Å². The first kappa shape index (κ1) is 14.1. The lowest BCUT2D eigenvalue weighted by molar-refractivity contribution is -0.117. The highest BCUT2D eigenvalue weighted by molar-refractivity contribution is 9.10. The van der Waals surface area contributed by atoms with Gasteiger partial charge in [-0.15, -0.1) is 6.58 Å². The van der Waals surface area contributed by atoms with Crippen molar-refractivity contribution in [3.8, 4) is 5.75 Å². The molecule has 1 heterocycles. The van der Waals surface area contributed by atoms with E-state index in [1.165, 1.54) is 12.1 Å². The fourth-order valence-corrected chi connectivity index (χ4v) is 2.70. The van der Waals surface area contributed by atoms with Crippen molar-refractivity contribution in [3.63, 3.8) is 0 Å². The van der Waals surface area contributed by atoms with Gasteiger partial charge in [0.2, 0.25) is 5.91 Å². The molecule has 0 saturated carbocycles. The third-order valence-corrected chi connectivity index (χ3v) is 3.65. The third-order valence-electron chi connectivity index (χ3n) is 3.06. The molecule has 2 rings (SSSR count). The molecule has 0 radical (unpaired) electrons. The Kier molecular flexibility index (Phi) is 4.24. The van der Waals surface area contributed by atoms with Crippen molar-refractivity contribution in [1.82, 2.24) is 0 Å². The Morgan fingerprint density at radius 3 is 2.95 bits per heavy atom. The van der Waals surface area contributed by atoms with Gasteiger partial charge < -0.3 is 9.64 Å². The van der Waals surface area contributed by atoms with Crippen LogP contribution in [0.2, 0.25) is 0 Å². The minimum absolute atomic E-state index is 0.0386. The Morgan fingerprint density at radius 2 is 2.37 bits per heavy atom. The van der Waals surface area contributed by atoms with E-state index in [1.807, 2.05) is 6.92 Å². The van der Waals surface area contributed by atoms with Gasteiger partial charge in [-0.05, 0) is 28.9 Å². The number of nitrogens with zero attached hydrogens (tertiary/aromatic N) is 1. The first-order chi connectivity index (χ1) is 9.06. The van der Waals surface area contributed by atoms with Gasteiger partial charge in [-0.3, -0.25) is 4.79 Å². The molecule has 1 aliphatic heterocycles. The maximum absolute atomic E-state index is 13.6. The third kappa shape index (κ3) is 2.81. The predicted molar refractivity (Wildman–Crippen MR) is 75.9 cm³/mol. The molecular weight excluding hydrogens is 313 g/mol. The number of benzene rings is 1. The number of hydrogen-bond donors (Lipinski definition) is 0. The molecule has 102 valence electrons. The first-order valence-corrected chi connectivity index (χ1v) is 6.90. The summed E-state index contributed by atoms with van der Waals surface area (Å²) in [5, 5.41) is 0. The average Bonchev–Trinajstić information content (AvgIpc) is 2.74. The summed E-state index contributed by atoms with van der Waals surface area (Å²) in [6.07, 6.45) is 2.16. The number of amides is 1. The van der Waals surface area contributed by atoms with E-state index in [-0.39, 0.29) is 11.8 Å². The van der Waals surface area contributed by atoms with E-state index >= 15 is 0 Å². The number of halogens is 2. The molecule has 0 bridgehead atoms. The highest BCUT2D eigenvalue weighted by atomic mass is 79.9. The van der Waals surface area contributed by atoms with E-state index in [1.54, 1.807) is 11.0 Å². The highest BCUT2D eigenvalue weighted by Crippen LogP contribution is 2.39. The minimum atomic E-state index is -0.403. The Bertz CT molecular complexity index is 518. The second-order valence-electron chi connectivity index (χ2n) is 4.37. The van der Waals surface area contributed by atoms with Crippen molar-refractivity contribution in [2.75, 3.05) is 18.1 Å². The SMILES string of the molecule is C=CC1CC(=O)N(c2cc(F)cc(Br)c2OCC)C1. The number of carbonyl (C=O) groups excluding carboxylic acids is 1.